The van der Waals surface area contributed by atoms with Gasteiger partial charge in [0, 0.05) is 24.9 Å². The van der Waals surface area contributed by atoms with Gasteiger partial charge in [-0.15, -0.1) is 34.0 Å². The highest BCUT2D eigenvalue weighted by molar-refractivity contribution is 7.26. The summed E-state index contributed by atoms with van der Waals surface area (Å²) in [5, 5.41) is 2.13. The second-order valence-electron chi connectivity index (χ2n) is 6.50. The quantitative estimate of drug-likeness (QED) is 0.464. The first-order chi connectivity index (χ1) is 12.2. The first-order valence-corrected chi connectivity index (χ1v) is 11.2. The third-order valence-corrected chi connectivity index (χ3v) is 8.51. The maximum atomic E-state index is 6.07. The molecule has 0 spiro atoms. The zero-order chi connectivity index (χ0) is 17.3. The number of hydrogen-bond donors (Lipinski definition) is 0. The fourth-order valence-corrected chi connectivity index (χ4v) is 5.99. The van der Waals surface area contributed by atoms with Gasteiger partial charge < -0.3 is 9.47 Å². The second-order valence-corrected chi connectivity index (χ2v) is 9.65. The predicted octanol–water partition coefficient (Wildman–Crippen LogP) is 7.06. The molecule has 0 radical (unpaired) electrons. The maximum Gasteiger partial charge on any atom is 0.193 e. The number of rotatable bonds is 5. The van der Waals surface area contributed by atoms with Crippen LogP contribution in [0.15, 0.2) is 41.8 Å². The summed E-state index contributed by atoms with van der Waals surface area (Å²) in [6.07, 6.45) is 2.00. The van der Waals surface area contributed by atoms with E-state index >= 15 is 0 Å². The molecular weight excluding hydrogens is 368 g/mol. The van der Waals surface area contributed by atoms with Crippen molar-refractivity contribution in [3.8, 4) is 19.5 Å². The molecule has 1 fully saturated rings. The van der Waals surface area contributed by atoms with E-state index in [-0.39, 0.29) is 11.7 Å². The lowest BCUT2D eigenvalue weighted by atomic mass is 9.84. The Morgan fingerprint density at radius 2 is 1.52 bits per heavy atom. The van der Waals surface area contributed by atoms with Crippen molar-refractivity contribution in [1.29, 1.82) is 0 Å². The Morgan fingerprint density at radius 3 is 2.16 bits per heavy atom. The third kappa shape index (κ3) is 3.49. The highest BCUT2D eigenvalue weighted by Crippen LogP contribution is 2.43. The van der Waals surface area contributed by atoms with Crippen molar-refractivity contribution in [1.82, 2.24) is 0 Å². The molecule has 4 rings (SSSR count). The average Bonchev–Trinajstić information content (AvgIpc) is 3.42. The van der Waals surface area contributed by atoms with Crippen molar-refractivity contribution in [2.45, 2.75) is 33.0 Å². The van der Waals surface area contributed by atoms with Crippen molar-refractivity contribution in [2.24, 2.45) is 5.41 Å². The monoisotopic (exact) mass is 390 g/mol. The summed E-state index contributed by atoms with van der Waals surface area (Å²) in [7, 11) is 0. The third-order valence-electron chi connectivity index (χ3n) is 5.05. The lowest BCUT2D eigenvalue weighted by molar-refractivity contribution is -0.234. The number of thiophene rings is 3. The Morgan fingerprint density at radius 1 is 0.880 bits per heavy atom. The van der Waals surface area contributed by atoms with Crippen molar-refractivity contribution in [3.63, 3.8) is 0 Å². The fraction of sp³-hybridized carbons (Fsp3) is 0.400. The molecule has 25 heavy (non-hydrogen) atoms. The molecule has 4 heterocycles. The van der Waals surface area contributed by atoms with E-state index in [1.807, 2.05) is 11.3 Å². The van der Waals surface area contributed by atoms with E-state index in [9.17, 15) is 0 Å². The molecule has 0 unspecified atom stereocenters. The van der Waals surface area contributed by atoms with Crippen LogP contribution in [0.4, 0.5) is 0 Å². The average molecular weight is 391 g/mol. The van der Waals surface area contributed by atoms with Crippen LogP contribution in [0, 0.1) is 5.41 Å². The molecule has 3 aromatic rings. The molecule has 132 valence electrons. The fourth-order valence-electron chi connectivity index (χ4n) is 3.05. The zero-order valence-electron chi connectivity index (χ0n) is 14.5. The van der Waals surface area contributed by atoms with Gasteiger partial charge in [-0.05, 0) is 48.6 Å². The molecule has 0 bridgehead atoms. The van der Waals surface area contributed by atoms with E-state index in [1.165, 1.54) is 24.4 Å². The molecule has 0 atom stereocenters. The Kier molecular flexibility index (Phi) is 5.11. The van der Waals surface area contributed by atoms with Crippen LogP contribution >= 0.6 is 34.0 Å². The summed E-state index contributed by atoms with van der Waals surface area (Å²) in [6.45, 7) is 6.03. The van der Waals surface area contributed by atoms with Crippen LogP contribution in [0.2, 0.25) is 0 Å². The molecule has 2 nitrogen and oxygen atoms in total. The van der Waals surface area contributed by atoms with Gasteiger partial charge in [-0.1, -0.05) is 19.9 Å². The molecule has 0 aromatic carbocycles. The van der Waals surface area contributed by atoms with Gasteiger partial charge in [-0.3, -0.25) is 0 Å². The largest absolute Gasteiger partial charge is 0.347 e. The topological polar surface area (TPSA) is 18.5 Å². The van der Waals surface area contributed by atoms with Crippen molar-refractivity contribution in [2.75, 3.05) is 13.2 Å². The SMILES string of the molecule is CCC1(CC)COC(c2ccc(-c3ccc(-c4cccs4)s3)s2)OC1. The van der Waals surface area contributed by atoms with Crippen LogP contribution < -0.4 is 0 Å². The van der Waals surface area contributed by atoms with E-state index in [2.05, 4.69) is 55.6 Å². The van der Waals surface area contributed by atoms with E-state index in [4.69, 9.17) is 9.47 Å². The van der Waals surface area contributed by atoms with Crippen LogP contribution in [0.3, 0.4) is 0 Å². The highest BCUT2D eigenvalue weighted by atomic mass is 32.1. The molecule has 5 heteroatoms. The second kappa shape index (κ2) is 7.33. The van der Waals surface area contributed by atoms with Crippen LogP contribution in [-0.2, 0) is 9.47 Å². The van der Waals surface area contributed by atoms with Crippen LogP contribution in [-0.4, -0.2) is 13.2 Å². The van der Waals surface area contributed by atoms with Crippen molar-refractivity contribution in [3.05, 3.63) is 46.7 Å². The number of hydrogen-bond acceptors (Lipinski definition) is 5. The van der Waals surface area contributed by atoms with E-state index in [0.717, 1.165) is 26.1 Å². The standard InChI is InChI=1S/C20H22O2S3/c1-3-20(4-2)12-21-19(22-13-20)18-10-9-17(25-18)16-8-7-15(24-16)14-6-5-11-23-14/h5-11,19H,3-4,12-13H2,1-2H3. The Bertz CT molecular complexity index is 802. The van der Waals surface area contributed by atoms with Gasteiger partial charge in [0.25, 0.3) is 0 Å². The minimum Gasteiger partial charge on any atom is -0.347 e. The summed E-state index contributed by atoms with van der Waals surface area (Å²) in [4.78, 5) is 6.44. The number of ether oxygens (including phenoxy) is 2. The van der Waals surface area contributed by atoms with Gasteiger partial charge in [0.05, 0.1) is 18.1 Å². The van der Waals surface area contributed by atoms with Crippen LogP contribution in [0.25, 0.3) is 19.5 Å². The van der Waals surface area contributed by atoms with Gasteiger partial charge in [0.2, 0.25) is 0 Å². The van der Waals surface area contributed by atoms with Gasteiger partial charge in [-0.25, -0.2) is 0 Å². The molecule has 0 amide bonds. The summed E-state index contributed by atoms with van der Waals surface area (Å²) in [6, 6.07) is 13.1. The lowest BCUT2D eigenvalue weighted by Gasteiger charge is -2.38. The molecule has 0 saturated carbocycles. The minimum atomic E-state index is -0.207. The van der Waals surface area contributed by atoms with Crippen molar-refractivity contribution < 1.29 is 9.47 Å². The van der Waals surface area contributed by atoms with Gasteiger partial charge in [-0.2, -0.15) is 0 Å². The molecule has 0 N–H and O–H groups in total. The highest BCUT2D eigenvalue weighted by Gasteiger charge is 2.35. The molecule has 3 aromatic heterocycles. The van der Waals surface area contributed by atoms with E-state index < -0.39 is 0 Å². The molecular formula is C20H22O2S3. The maximum absolute atomic E-state index is 6.07. The summed E-state index contributed by atoms with van der Waals surface area (Å²) in [5.74, 6) is 0. The molecule has 1 aliphatic rings. The van der Waals surface area contributed by atoms with E-state index in [0.29, 0.717) is 0 Å². The van der Waals surface area contributed by atoms with Crippen molar-refractivity contribution >= 4 is 34.0 Å². The Balaban J connectivity index is 1.48. The molecule has 1 saturated heterocycles. The van der Waals surface area contributed by atoms with Gasteiger partial charge >= 0.3 is 0 Å². The van der Waals surface area contributed by atoms with Gasteiger partial charge in [0.1, 0.15) is 0 Å². The van der Waals surface area contributed by atoms with Gasteiger partial charge in [0.15, 0.2) is 6.29 Å². The summed E-state index contributed by atoms with van der Waals surface area (Å²) < 4.78 is 12.1. The van der Waals surface area contributed by atoms with Crippen LogP contribution in [0.1, 0.15) is 37.9 Å². The van der Waals surface area contributed by atoms with E-state index in [1.54, 1.807) is 22.7 Å². The lowest BCUT2D eigenvalue weighted by Crippen LogP contribution is -2.37. The first kappa shape index (κ1) is 17.4. The zero-order valence-corrected chi connectivity index (χ0v) is 16.9. The minimum absolute atomic E-state index is 0.194. The molecule has 1 aliphatic heterocycles. The normalized spacial score (nSPS) is 17.8. The first-order valence-electron chi connectivity index (χ1n) is 8.70. The Labute approximate surface area is 161 Å². The Hall–Kier alpha value is -0.980. The molecule has 0 aliphatic carbocycles. The summed E-state index contributed by atoms with van der Waals surface area (Å²) in [5.41, 5.74) is 0.194. The smallest absolute Gasteiger partial charge is 0.193 e. The predicted molar refractivity (Wildman–Crippen MR) is 109 cm³/mol. The summed E-state index contributed by atoms with van der Waals surface area (Å²) >= 11 is 5.42. The van der Waals surface area contributed by atoms with Crippen LogP contribution in [0.5, 0.6) is 0 Å².